The van der Waals surface area contributed by atoms with E-state index >= 15 is 0 Å². The summed E-state index contributed by atoms with van der Waals surface area (Å²) in [5, 5.41) is 4.84. The number of sulfonamides is 1. The first kappa shape index (κ1) is 20.8. The standard InChI is InChI=1S/C22H24N2O4S/c1-3-16(2)24-29(26,27)21-12-9-19(10-13-21)23-22(25)15-28-20-11-8-17-6-4-5-7-18(17)14-20/h4-14,16,24H,3,15H2,1-2H3,(H,23,25)/t16-/m0/s1. The van der Waals surface area contributed by atoms with Crippen molar-refractivity contribution in [1.82, 2.24) is 4.72 Å². The summed E-state index contributed by atoms with van der Waals surface area (Å²) in [6.45, 7) is 3.57. The fourth-order valence-electron chi connectivity index (χ4n) is 2.74. The van der Waals surface area contributed by atoms with Crippen molar-refractivity contribution in [3.8, 4) is 5.75 Å². The maximum atomic E-state index is 12.3. The van der Waals surface area contributed by atoms with Crippen LogP contribution in [0, 0.1) is 0 Å². The molecule has 1 amide bonds. The molecule has 6 nitrogen and oxygen atoms in total. The number of ether oxygens (including phenoxy) is 1. The molecule has 0 aromatic heterocycles. The molecule has 0 unspecified atom stereocenters. The third-order valence-corrected chi connectivity index (χ3v) is 6.11. The first-order chi connectivity index (χ1) is 13.9. The molecule has 3 aromatic rings. The minimum absolute atomic E-state index is 0.145. The normalized spacial score (nSPS) is 12.5. The van der Waals surface area contributed by atoms with Gasteiger partial charge in [0.1, 0.15) is 5.75 Å². The maximum Gasteiger partial charge on any atom is 0.262 e. The minimum atomic E-state index is -3.57. The lowest BCUT2D eigenvalue weighted by atomic mass is 10.1. The molecule has 1 atom stereocenters. The number of benzene rings is 3. The van der Waals surface area contributed by atoms with E-state index in [0.717, 1.165) is 10.8 Å². The number of anilines is 1. The lowest BCUT2D eigenvalue weighted by molar-refractivity contribution is -0.118. The largest absolute Gasteiger partial charge is 0.484 e. The van der Waals surface area contributed by atoms with Gasteiger partial charge in [0.25, 0.3) is 5.91 Å². The number of carbonyl (C=O) groups excluding carboxylic acids is 1. The van der Waals surface area contributed by atoms with Gasteiger partial charge in [-0.25, -0.2) is 13.1 Å². The summed E-state index contributed by atoms with van der Waals surface area (Å²) in [6, 6.07) is 19.4. The smallest absolute Gasteiger partial charge is 0.262 e. The van der Waals surface area contributed by atoms with E-state index in [1.807, 2.05) is 56.3 Å². The Morgan fingerprint density at radius 2 is 1.69 bits per heavy atom. The van der Waals surface area contributed by atoms with E-state index in [1.54, 1.807) is 12.1 Å². The third-order valence-electron chi connectivity index (χ3n) is 4.51. The molecule has 0 saturated heterocycles. The number of hydrogen-bond donors (Lipinski definition) is 2. The van der Waals surface area contributed by atoms with Gasteiger partial charge in [-0.1, -0.05) is 37.3 Å². The van der Waals surface area contributed by atoms with Crippen LogP contribution in [0.2, 0.25) is 0 Å². The van der Waals surface area contributed by atoms with Crippen LogP contribution in [0.4, 0.5) is 5.69 Å². The van der Waals surface area contributed by atoms with Gasteiger partial charge in [-0.05, 0) is 60.5 Å². The minimum Gasteiger partial charge on any atom is -0.484 e. The van der Waals surface area contributed by atoms with Crippen molar-refractivity contribution in [3.05, 3.63) is 66.7 Å². The Hall–Kier alpha value is -2.90. The Morgan fingerprint density at radius 1 is 1.00 bits per heavy atom. The fourth-order valence-corrected chi connectivity index (χ4v) is 4.06. The predicted octanol–water partition coefficient (Wildman–Crippen LogP) is 3.93. The Labute approximate surface area is 170 Å². The lowest BCUT2D eigenvalue weighted by Crippen LogP contribution is -2.31. The molecular weight excluding hydrogens is 388 g/mol. The molecule has 0 bridgehead atoms. The summed E-state index contributed by atoms with van der Waals surface area (Å²) in [5.41, 5.74) is 0.500. The van der Waals surface area contributed by atoms with E-state index < -0.39 is 10.0 Å². The molecule has 3 aromatic carbocycles. The molecule has 152 valence electrons. The quantitative estimate of drug-likeness (QED) is 0.587. The van der Waals surface area contributed by atoms with Crippen molar-refractivity contribution in [2.45, 2.75) is 31.2 Å². The fraction of sp³-hybridized carbons (Fsp3) is 0.227. The van der Waals surface area contributed by atoms with Crippen LogP contribution in [0.1, 0.15) is 20.3 Å². The predicted molar refractivity (Wildman–Crippen MR) is 115 cm³/mol. The molecule has 0 aliphatic rings. The Balaban J connectivity index is 1.57. The van der Waals surface area contributed by atoms with Gasteiger partial charge in [0.15, 0.2) is 6.61 Å². The van der Waals surface area contributed by atoms with Gasteiger partial charge in [0, 0.05) is 11.7 Å². The second-order valence-electron chi connectivity index (χ2n) is 6.80. The average Bonchev–Trinajstić information content (AvgIpc) is 2.72. The summed E-state index contributed by atoms with van der Waals surface area (Å²) < 4.78 is 32.7. The molecule has 0 fully saturated rings. The van der Waals surface area contributed by atoms with Crippen LogP contribution in [-0.4, -0.2) is 27.0 Å². The van der Waals surface area contributed by atoms with Crippen molar-refractivity contribution in [2.24, 2.45) is 0 Å². The van der Waals surface area contributed by atoms with E-state index in [1.165, 1.54) is 12.1 Å². The molecule has 2 N–H and O–H groups in total. The van der Waals surface area contributed by atoms with Gasteiger partial charge in [-0.3, -0.25) is 4.79 Å². The van der Waals surface area contributed by atoms with E-state index in [9.17, 15) is 13.2 Å². The monoisotopic (exact) mass is 412 g/mol. The van der Waals surface area contributed by atoms with Gasteiger partial charge in [-0.2, -0.15) is 0 Å². The zero-order chi connectivity index (χ0) is 20.9. The molecule has 0 aliphatic heterocycles. The number of rotatable bonds is 8. The van der Waals surface area contributed by atoms with Gasteiger partial charge in [-0.15, -0.1) is 0 Å². The van der Waals surface area contributed by atoms with Crippen LogP contribution < -0.4 is 14.8 Å². The van der Waals surface area contributed by atoms with Gasteiger partial charge >= 0.3 is 0 Å². The van der Waals surface area contributed by atoms with Crippen LogP contribution in [0.15, 0.2) is 71.6 Å². The van der Waals surface area contributed by atoms with Crippen LogP contribution in [0.3, 0.4) is 0 Å². The average molecular weight is 413 g/mol. The molecule has 29 heavy (non-hydrogen) atoms. The number of nitrogens with one attached hydrogen (secondary N) is 2. The number of carbonyl (C=O) groups is 1. The summed E-state index contributed by atoms with van der Waals surface area (Å²) >= 11 is 0. The third kappa shape index (κ3) is 5.56. The maximum absolute atomic E-state index is 12.3. The number of hydrogen-bond acceptors (Lipinski definition) is 4. The van der Waals surface area contributed by atoms with Crippen LogP contribution in [0.25, 0.3) is 10.8 Å². The van der Waals surface area contributed by atoms with Gasteiger partial charge in [0.2, 0.25) is 10.0 Å². The molecule has 0 spiro atoms. The summed E-state index contributed by atoms with van der Waals surface area (Å²) in [6.07, 6.45) is 0.699. The second kappa shape index (κ2) is 9.07. The van der Waals surface area contributed by atoms with Crippen molar-refractivity contribution in [1.29, 1.82) is 0 Å². The molecule has 0 saturated carbocycles. The zero-order valence-electron chi connectivity index (χ0n) is 16.4. The first-order valence-corrected chi connectivity index (χ1v) is 10.9. The highest BCUT2D eigenvalue weighted by atomic mass is 32.2. The van der Waals surface area contributed by atoms with Gasteiger partial charge in [0.05, 0.1) is 4.90 Å². The van der Waals surface area contributed by atoms with Gasteiger partial charge < -0.3 is 10.1 Å². The highest BCUT2D eigenvalue weighted by Crippen LogP contribution is 2.20. The second-order valence-corrected chi connectivity index (χ2v) is 8.51. The zero-order valence-corrected chi connectivity index (χ0v) is 17.2. The summed E-state index contributed by atoms with van der Waals surface area (Å²) in [4.78, 5) is 12.3. The number of amides is 1. The van der Waals surface area contributed by atoms with Crippen LogP contribution in [0.5, 0.6) is 5.75 Å². The summed E-state index contributed by atoms with van der Waals surface area (Å²) in [5.74, 6) is 0.280. The lowest BCUT2D eigenvalue weighted by Gasteiger charge is -2.12. The number of fused-ring (bicyclic) bond motifs is 1. The van der Waals surface area contributed by atoms with E-state index in [4.69, 9.17) is 4.74 Å². The van der Waals surface area contributed by atoms with E-state index in [0.29, 0.717) is 17.9 Å². The molecule has 0 aliphatic carbocycles. The topological polar surface area (TPSA) is 84.5 Å². The first-order valence-electron chi connectivity index (χ1n) is 9.41. The molecular formula is C22H24N2O4S. The molecule has 0 heterocycles. The van der Waals surface area contributed by atoms with Crippen molar-refractivity contribution in [3.63, 3.8) is 0 Å². The molecule has 3 rings (SSSR count). The highest BCUT2D eigenvalue weighted by Gasteiger charge is 2.16. The van der Waals surface area contributed by atoms with E-state index in [-0.39, 0.29) is 23.5 Å². The Morgan fingerprint density at radius 3 is 2.38 bits per heavy atom. The van der Waals surface area contributed by atoms with Crippen molar-refractivity contribution >= 4 is 32.4 Å². The Bertz CT molecular complexity index is 1100. The van der Waals surface area contributed by atoms with Crippen LogP contribution >= 0.6 is 0 Å². The van der Waals surface area contributed by atoms with Crippen LogP contribution in [-0.2, 0) is 14.8 Å². The molecule has 7 heteroatoms. The summed E-state index contributed by atoms with van der Waals surface area (Å²) in [7, 11) is -3.57. The van der Waals surface area contributed by atoms with Crippen molar-refractivity contribution in [2.75, 3.05) is 11.9 Å². The SMILES string of the molecule is CC[C@H](C)NS(=O)(=O)c1ccc(NC(=O)COc2ccc3ccccc3c2)cc1. The molecule has 0 radical (unpaired) electrons. The van der Waals surface area contributed by atoms with E-state index in [2.05, 4.69) is 10.0 Å². The Kier molecular flexibility index (Phi) is 6.51. The van der Waals surface area contributed by atoms with Crippen molar-refractivity contribution < 1.29 is 17.9 Å². The highest BCUT2D eigenvalue weighted by molar-refractivity contribution is 7.89.